The Labute approximate surface area is 119 Å². The van der Waals surface area contributed by atoms with E-state index in [9.17, 15) is 8.78 Å². The van der Waals surface area contributed by atoms with Gasteiger partial charge in [0.2, 0.25) is 0 Å². The number of halogens is 3. The summed E-state index contributed by atoms with van der Waals surface area (Å²) in [6.45, 7) is 0.390. The molecule has 2 rings (SSSR count). The molecule has 100 valence electrons. The fourth-order valence-corrected chi connectivity index (χ4v) is 2.36. The van der Waals surface area contributed by atoms with Gasteiger partial charge in [0.25, 0.3) is 0 Å². The van der Waals surface area contributed by atoms with Gasteiger partial charge in [0.1, 0.15) is 11.6 Å². The van der Waals surface area contributed by atoms with Gasteiger partial charge in [-0.25, -0.2) is 8.78 Å². The van der Waals surface area contributed by atoms with Gasteiger partial charge in [0.05, 0.1) is 0 Å². The van der Waals surface area contributed by atoms with Crippen LogP contribution in [0.3, 0.4) is 0 Å². The van der Waals surface area contributed by atoms with Gasteiger partial charge in [-0.15, -0.1) is 0 Å². The number of benzene rings is 2. The zero-order valence-corrected chi connectivity index (χ0v) is 11.8. The first-order chi connectivity index (χ1) is 9.10. The maximum Gasteiger partial charge on any atom is 0.127 e. The van der Waals surface area contributed by atoms with Crippen LogP contribution in [-0.2, 0) is 6.42 Å². The Morgan fingerprint density at radius 1 is 1.05 bits per heavy atom. The molecule has 4 heteroatoms. The highest BCUT2D eigenvalue weighted by Gasteiger charge is 2.13. The zero-order valence-electron chi connectivity index (χ0n) is 10.2. The second kappa shape index (κ2) is 6.26. The van der Waals surface area contributed by atoms with Crippen LogP contribution < -0.4 is 5.73 Å². The van der Waals surface area contributed by atoms with Crippen LogP contribution in [0.25, 0.3) is 0 Å². The van der Waals surface area contributed by atoms with E-state index >= 15 is 0 Å². The summed E-state index contributed by atoms with van der Waals surface area (Å²) < 4.78 is 27.4. The molecule has 1 atom stereocenters. The highest BCUT2D eigenvalue weighted by atomic mass is 79.9. The van der Waals surface area contributed by atoms with Crippen molar-refractivity contribution in [2.75, 3.05) is 6.54 Å². The Kier molecular flexibility index (Phi) is 4.66. The SMILES string of the molecule is NCC(Cc1ccc(Br)cc1F)c1ccc(F)cc1. The van der Waals surface area contributed by atoms with Crippen molar-refractivity contribution in [3.8, 4) is 0 Å². The van der Waals surface area contributed by atoms with Crippen molar-refractivity contribution in [1.29, 1.82) is 0 Å². The molecule has 0 aliphatic carbocycles. The van der Waals surface area contributed by atoms with Gasteiger partial charge < -0.3 is 5.73 Å². The minimum atomic E-state index is -0.283. The van der Waals surface area contributed by atoms with E-state index in [1.165, 1.54) is 18.2 Å². The van der Waals surface area contributed by atoms with E-state index in [0.29, 0.717) is 23.0 Å². The van der Waals surface area contributed by atoms with Gasteiger partial charge in [-0.05, 0) is 48.4 Å². The Morgan fingerprint density at radius 2 is 1.74 bits per heavy atom. The lowest BCUT2D eigenvalue weighted by Crippen LogP contribution is -2.15. The molecular weight excluding hydrogens is 312 g/mol. The summed E-state index contributed by atoms with van der Waals surface area (Å²) in [6, 6.07) is 11.2. The van der Waals surface area contributed by atoms with E-state index in [1.807, 2.05) is 0 Å². The first kappa shape index (κ1) is 14.2. The molecule has 0 radical (unpaired) electrons. The van der Waals surface area contributed by atoms with Crippen molar-refractivity contribution in [2.45, 2.75) is 12.3 Å². The van der Waals surface area contributed by atoms with Crippen LogP contribution in [0.5, 0.6) is 0 Å². The van der Waals surface area contributed by atoms with Crippen LogP contribution in [0.4, 0.5) is 8.78 Å². The maximum absolute atomic E-state index is 13.8. The third-order valence-corrected chi connectivity index (χ3v) is 3.60. The molecule has 0 aliphatic rings. The third kappa shape index (κ3) is 3.61. The predicted octanol–water partition coefficient (Wildman–Crippen LogP) is 4.01. The average molecular weight is 326 g/mol. The number of nitrogens with two attached hydrogens (primary N) is 1. The van der Waals surface area contributed by atoms with Gasteiger partial charge >= 0.3 is 0 Å². The fraction of sp³-hybridized carbons (Fsp3) is 0.200. The van der Waals surface area contributed by atoms with E-state index in [0.717, 1.165) is 5.56 Å². The molecular formula is C15H14BrF2N. The molecule has 0 saturated heterocycles. The Hall–Kier alpha value is -1.26. The molecule has 0 aromatic heterocycles. The van der Waals surface area contributed by atoms with E-state index in [2.05, 4.69) is 15.9 Å². The Balaban J connectivity index is 2.21. The van der Waals surface area contributed by atoms with Crippen molar-refractivity contribution in [3.63, 3.8) is 0 Å². The minimum Gasteiger partial charge on any atom is -0.330 e. The van der Waals surface area contributed by atoms with Crippen molar-refractivity contribution >= 4 is 15.9 Å². The van der Waals surface area contributed by atoms with Gasteiger partial charge in [-0.1, -0.05) is 34.1 Å². The summed E-state index contributed by atoms with van der Waals surface area (Å²) in [5.74, 6) is -0.555. The normalized spacial score (nSPS) is 12.4. The first-order valence-corrected chi connectivity index (χ1v) is 6.79. The van der Waals surface area contributed by atoms with Crippen LogP contribution in [-0.4, -0.2) is 6.54 Å². The highest BCUT2D eigenvalue weighted by molar-refractivity contribution is 9.10. The number of hydrogen-bond acceptors (Lipinski definition) is 1. The van der Waals surface area contributed by atoms with Crippen LogP contribution in [0.15, 0.2) is 46.9 Å². The highest BCUT2D eigenvalue weighted by Crippen LogP contribution is 2.23. The second-order valence-electron chi connectivity index (χ2n) is 4.42. The zero-order chi connectivity index (χ0) is 13.8. The predicted molar refractivity (Wildman–Crippen MR) is 76.0 cm³/mol. The van der Waals surface area contributed by atoms with Crippen LogP contribution >= 0.6 is 15.9 Å². The van der Waals surface area contributed by atoms with Crippen molar-refractivity contribution in [3.05, 3.63) is 69.7 Å². The van der Waals surface area contributed by atoms with Gasteiger partial charge in [0, 0.05) is 10.4 Å². The molecule has 2 N–H and O–H groups in total. The van der Waals surface area contributed by atoms with Crippen molar-refractivity contribution in [2.24, 2.45) is 5.73 Å². The molecule has 0 bridgehead atoms. The average Bonchev–Trinajstić information content (AvgIpc) is 2.39. The van der Waals surface area contributed by atoms with E-state index < -0.39 is 0 Å². The van der Waals surface area contributed by atoms with Crippen molar-refractivity contribution in [1.82, 2.24) is 0 Å². The van der Waals surface area contributed by atoms with E-state index in [1.54, 1.807) is 24.3 Å². The van der Waals surface area contributed by atoms with Crippen LogP contribution in [0.2, 0.25) is 0 Å². The largest absolute Gasteiger partial charge is 0.330 e. The fourth-order valence-electron chi connectivity index (χ4n) is 2.02. The lowest BCUT2D eigenvalue weighted by molar-refractivity contribution is 0.588. The molecule has 19 heavy (non-hydrogen) atoms. The monoisotopic (exact) mass is 325 g/mol. The summed E-state index contributed by atoms with van der Waals surface area (Å²) in [5.41, 5.74) is 7.28. The van der Waals surface area contributed by atoms with Crippen LogP contribution in [0.1, 0.15) is 17.0 Å². The van der Waals surface area contributed by atoms with E-state index in [-0.39, 0.29) is 17.6 Å². The summed E-state index contributed by atoms with van der Waals surface area (Å²) >= 11 is 3.23. The third-order valence-electron chi connectivity index (χ3n) is 3.11. The van der Waals surface area contributed by atoms with E-state index in [4.69, 9.17) is 5.73 Å². The Bertz CT molecular complexity index is 555. The second-order valence-corrected chi connectivity index (χ2v) is 5.34. The summed E-state index contributed by atoms with van der Waals surface area (Å²) in [5, 5.41) is 0. The molecule has 1 unspecified atom stereocenters. The lowest BCUT2D eigenvalue weighted by atomic mass is 9.92. The molecule has 0 fully saturated rings. The number of rotatable bonds is 4. The summed E-state index contributed by atoms with van der Waals surface area (Å²) in [6.07, 6.45) is 0.501. The van der Waals surface area contributed by atoms with Crippen molar-refractivity contribution < 1.29 is 8.78 Å². The smallest absolute Gasteiger partial charge is 0.127 e. The van der Waals surface area contributed by atoms with Gasteiger partial charge in [0.15, 0.2) is 0 Å². The maximum atomic E-state index is 13.8. The summed E-state index contributed by atoms with van der Waals surface area (Å²) in [4.78, 5) is 0. The molecule has 1 nitrogen and oxygen atoms in total. The molecule has 0 heterocycles. The molecule has 0 aliphatic heterocycles. The first-order valence-electron chi connectivity index (χ1n) is 5.99. The standard InChI is InChI=1S/C15H14BrF2N/c16-13-4-1-11(15(18)8-13)7-12(9-19)10-2-5-14(17)6-3-10/h1-6,8,12H,7,9,19H2. The Morgan fingerprint density at radius 3 is 2.32 bits per heavy atom. The molecule has 0 saturated carbocycles. The molecule has 0 amide bonds. The topological polar surface area (TPSA) is 26.0 Å². The summed E-state index contributed by atoms with van der Waals surface area (Å²) in [7, 11) is 0. The molecule has 2 aromatic carbocycles. The van der Waals surface area contributed by atoms with Gasteiger partial charge in [-0.2, -0.15) is 0 Å². The molecule has 0 spiro atoms. The minimum absolute atomic E-state index is 0.0173. The lowest BCUT2D eigenvalue weighted by Gasteiger charge is -2.16. The number of hydrogen-bond donors (Lipinski definition) is 1. The molecule has 2 aromatic rings. The quantitative estimate of drug-likeness (QED) is 0.903. The van der Waals surface area contributed by atoms with Crippen LogP contribution in [0, 0.1) is 11.6 Å². The van der Waals surface area contributed by atoms with Gasteiger partial charge in [-0.3, -0.25) is 0 Å².